The second-order valence-electron chi connectivity index (χ2n) is 6.29. The van der Waals surface area contributed by atoms with Crippen LogP contribution in [0.3, 0.4) is 0 Å². The van der Waals surface area contributed by atoms with E-state index >= 15 is 0 Å². The van der Waals surface area contributed by atoms with Gasteiger partial charge in [-0.15, -0.1) is 11.3 Å². The molecule has 1 aliphatic carbocycles. The van der Waals surface area contributed by atoms with E-state index in [9.17, 15) is 9.90 Å². The number of carbonyl (C=O) groups is 1. The Kier molecular flexibility index (Phi) is 4.28. The number of rotatable bonds is 6. The van der Waals surface area contributed by atoms with E-state index in [-0.39, 0.29) is 5.91 Å². The van der Waals surface area contributed by atoms with E-state index in [0.29, 0.717) is 25.4 Å². The zero-order valence-corrected chi connectivity index (χ0v) is 13.3. The summed E-state index contributed by atoms with van der Waals surface area (Å²) in [5.74, 6) is 0.574. The maximum absolute atomic E-state index is 12.5. The SMILES string of the molecule is Cc1nc(CNCC2(O)CCCN(CC3CC3)C2=O)cs1. The first-order chi connectivity index (χ1) is 10.1. The molecule has 21 heavy (non-hydrogen) atoms. The van der Waals surface area contributed by atoms with Gasteiger partial charge in [0.1, 0.15) is 0 Å². The van der Waals surface area contributed by atoms with Crippen LogP contribution in [0.25, 0.3) is 0 Å². The van der Waals surface area contributed by atoms with Crippen LogP contribution in [-0.2, 0) is 11.3 Å². The molecule has 2 N–H and O–H groups in total. The van der Waals surface area contributed by atoms with E-state index in [1.165, 1.54) is 12.8 Å². The number of hydrogen-bond donors (Lipinski definition) is 2. The summed E-state index contributed by atoms with van der Waals surface area (Å²) in [5.41, 5.74) is -0.266. The van der Waals surface area contributed by atoms with Crippen molar-refractivity contribution in [2.24, 2.45) is 5.92 Å². The quantitative estimate of drug-likeness (QED) is 0.831. The summed E-state index contributed by atoms with van der Waals surface area (Å²) in [6.07, 6.45) is 3.88. The van der Waals surface area contributed by atoms with Gasteiger partial charge in [0.15, 0.2) is 5.60 Å². The van der Waals surface area contributed by atoms with Gasteiger partial charge in [-0.2, -0.15) is 0 Å². The fraction of sp³-hybridized carbons (Fsp3) is 0.733. The predicted molar refractivity (Wildman–Crippen MR) is 82.0 cm³/mol. The van der Waals surface area contributed by atoms with Gasteiger partial charge in [0.05, 0.1) is 10.7 Å². The summed E-state index contributed by atoms with van der Waals surface area (Å²) >= 11 is 1.62. The standard InChI is InChI=1S/C15H23N3O2S/c1-11-17-13(9-21-11)7-16-10-15(20)5-2-6-18(14(15)19)8-12-3-4-12/h9,12,16,20H,2-8,10H2,1H3. The molecule has 1 saturated heterocycles. The van der Waals surface area contributed by atoms with Crippen molar-refractivity contribution in [2.45, 2.75) is 44.8 Å². The van der Waals surface area contributed by atoms with Crippen molar-refractivity contribution in [1.29, 1.82) is 0 Å². The van der Waals surface area contributed by atoms with Gasteiger partial charge >= 0.3 is 0 Å². The van der Waals surface area contributed by atoms with Gasteiger partial charge in [-0.3, -0.25) is 4.79 Å². The van der Waals surface area contributed by atoms with E-state index < -0.39 is 5.60 Å². The normalized spacial score (nSPS) is 26.4. The third kappa shape index (κ3) is 3.62. The molecule has 116 valence electrons. The molecule has 0 aromatic carbocycles. The molecule has 0 bridgehead atoms. The topological polar surface area (TPSA) is 65.5 Å². The zero-order valence-electron chi connectivity index (χ0n) is 12.5. The van der Waals surface area contributed by atoms with E-state index in [1.807, 2.05) is 17.2 Å². The minimum absolute atomic E-state index is 0.0948. The molecular formula is C15H23N3O2S. The molecule has 2 aliphatic rings. The Balaban J connectivity index is 1.53. The number of aliphatic hydroxyl groups is 1. The minimum atomic E-state index is -1.24. The van der Waals surface area contributed by atoms with Crippen LogP contribution in [0.5, 0.6) is 0 Å². The number of aryl methyl sites for hydroxylation is 1. The molecule has 1 aliphatic heterocycles. The lowest BCUT2D eigenvalue weighted by atomic mass is 9.91. The van der Waals surface area contributed by atoms with E-state index in [0.717, 1.165) is 30.2 Å². The number of thiazole rings is 1. The Morgan fingerprint density at radius 2 is 2.38 bits per heavy atom. The largest absolute Gasteiger partial charge is 0.379 e. The van der Waals surface area contributed by atoms with Gasteiger partial charge in [0.25, 0.3) is 5.91 Å². The lowest BCUT2D eigenvalue weighted by molar-refractivity contribution is -0.156. The first-order valence-electron chi connectivity index (χ1n) is 7.70. The molecule has 1 atom stereocenters. The first-order valence-corrected chi connectivity index (χ1v) is 8.58. The Morgan fingerprint density at radius 3 is 3.05 bits per heavy atom. The molecule has 2 fully saturated rings. The first kappa shape index (κ1) is 14.9. The molecular weight excluding hydrogens is 286 g/mol. The predicted octanol–water partition coefficient (Wildman–Crippen LogP) is 1.30. The van der Waals surface area contributed by atoms with Crippen LogP contribution in [0.1, 0.15) is 36.4 Å². The third-order valence-corrected chi connectivity index (χ3v) is 5.09. The number of likely N-dealkylation sites (tertiary alicyclic amines) is 1. The number of piperidine rings is 1. The average molecular weight is 309 g/mol. The van der Waals surface area contributed by atoms with Gasteiger partial charge in [0.2, 0.25) is 0 Å². The Morgan fingerprint density at radius 1 is 1.57 bits per heavy atom. The average Bonchev–Trinajstić information content (AvgIpc) is 3.17. The zero-order chi connectivity index (χ0) is 14.9. The van der Waals surface area contributed by atoms with Crippen molar-refractivity contribution in [3.63, 3.8) is 0 Å². The maximum atomic E-state index is 12.5. The van der Waals surface area contributed by atoms with Crippen molar-refractivity contribution in [3.05, 3.63) is 16.1 Å². The monoisotopic (exact) mass is 309 g/mol. The number of nitrogens with one attached hydrogen (secondary N) is 1. The second-order valence-corrected chi connectivity index (χ2v) is 7.35. The van der Waals surface area contributed by atoms with E-state index in [4.69, 9.17) is 0 Å². The van der Waals surface area contributed by atoms with Gasteiger partial charge in [-0.05, 0) is 38.5 Å². The van der Waals surface area contributed by atoms with Crippen LogP contribution in [0.2, 0.25) is 0 Å². The third-order valence-electron chi connectivity index (χ3n) is 4.27. The number of nitrogens with zero attached hydrogens (tertiary/aromatic N) is 2. The second kappa shape index (κ2) is 6.02. The molecule has 1 unspecified atom stereocenters. The van der Waals surface area contributed by atoms with Crippen LogP contribution in [0.15, 0.2) is 5.38 Å². The summed E-state index contributed by atoms with van der Waals surface area (Å²) in [7, 11) is 0. The highest BCUT2D eigenvalue weighted by Gasteiger charge is 2.43. The fourth-order valence-corrected chi connectivity index (χ4v) is 3.51. The van der Waals surface area contributed by atoms with Crippen molar-refractivity contribution in [1.82, 2.24) is 15.2 Å². The van der Waals surface area contributed by atoms with Crippen LogP contribution >= 0.6 is 11.3 Å². The lowest BCUT2D eigenvalue weighted by Gasteiger charge is -2.38. The fourth-order valence-electron chi connectivity index (χ4n) is 2.90. The smallest absolute Gasteiger partial charge is 0.255 e. The van der Waals surface area contributed by atoms with Crippen molar-refractivity contribution >= 4 is 17.2 Å². The number of hydrogen-bond acceptors (Lipinski definition) is 5. The Hall–Kier alpha value is -0.980. The highest BCUT2D eigenvalue weighted by atomic mass is 32.1. The number of carbonyl (C=O) groups excluding carboxylic acids is 1. The Bertz CT molecular complexity index is 515. The molecule has 1 amide bonds. The van der Waals surface area contributed by atoms with Crippen LogP contribution in [0.4, 0.5) is 0 Å². The maximum Gasteiger partial charge on any atom is 0.255 e. The molecule has 3 rings (SSSR count). The van der Waals surface area contributed by atoms with Gasteiger partial charge in [0, 0.05) is 31.6 Å². The summed E-state index contributed by atoms with van der Waals surface area (Å²) in [6.45, 7) is 4.50. The highest BCUT2D eigenvalue weighted by Crippen LogP contribution is 2.32. The molecule has 1 aromatic heterocycles. The van der Waals surface area contributed by atoms with Crippen LogP contribution < -0.4 is 5.32 Å². The molecule has 6 heteroatoms. The van der Waals surface area contributed by atoms with E-state index in [2.05, 4.69) is 10.3 Å². The minimum Gasteiger partial charge on any atom is -0.379 e. The van der Waals surface area contributed by atoms with Crippen molar-refractivity contribution in [2.75, 3.05) is 19.6 Å². The lowest BCUT2D eigenvalue weighted by Crippen LogP contribution is -2.58. The van der Waals surface area contributed by atoms with Crippen LogP contribution in [-0.4, -0.2) is 46.1 Å². The Labute approximate surface area is 129 Å². The van der Waals surface area contributed by atoms with Crippen molar-refractivity contribution < 1.29 is 9.90 Å². The molecule has 2 heterocycles. The summed E-state index contributed by atoms with van der Waals surface area (Å²) in [6, 6.07) is 0. The van der Waals surface area contributed by atoms with Crippen LogP contribution in [0, 0.1) is 12.8 Å². The summed E-state index contributed by atoms with van der Waals surface area (Å²) < 4.78 is 0. The summed E-state index contributed by atoms with van der Waals surface area (Å²) in [4.78, 5) is 18.7. The molecule has 1 aromatic rings. The van der Waals surface area contributed by atoms with Gasteiger partial charge in [-0.25, -0.2) is 4.98 Å². The van der Waals surface area contributed by atoms with Crippen molar-refractivity contribution in [3.8, 4) is 0 Å². The summed E-state index contributed by atoms with van der Waals surface area (Å²) in [5, 5.41) is 16.9. The molecule has 0 spiro atoms. The molecule has 0 radical (unpaired) electrons. The number of amides is 1. The molecule has 1 saturated carbocycles. The van der Waals surface area contributed by atoms with Gasteiger partial charge in [-0.1, -0.05) is 0 Å². The highest BCUT2D eigenvalue weighted by molar-refractivity contribution is 7.09. The van der Waals surface area contributed by atoms with E-state index in [1.54, 1.807) is 11.3 Å². The van der Waals surface area contributed by atoms with Gasteiger partial charge < -0.3 is 15.3 Å². The molecule has 5 nitrogen and oxygen atoms in total. The number of aromatic nitrogens is 1.